The Balaban J connectivity index is 2.94. The molecule has 0 N–H and O–H groups in total. The first kappa shape index (κ1) is 15.7. The molecule has 0 aliphatic carbocycles. The molecule has 1 heterocycles. The molecule has 1 aromatic heterocycles. The van der Waals surface area contributed by atoms with E-state index in [4.69, 9.17) is 11.6 Å². The van der Waals surface area contributed by atoms with E-state index in [0.717, 1.165) is 11.3 Å². The van der Waals surface area contributed by atoms with E-state index in [0.29, 0.717) is 11.7 Å². The lowest BCUT2D eigenvalue weighted by Gasteiger charge is -2.21. The van der Waals surface area contributed by atoms with Gasteiger partial charge in [0.2, 0.25) is 5.91 Å². The highest BCUT2D eigenvalue weighted by atomic mass is 35.5. The molecule has 0 saturated heterocycles. The van der Waals surface area contributed by atoms with Crippen molar-refractivity contribution in [1.82, 2.24) is 9.88 Å². The van der Waals surface area contributed by atoms with Crippen LogP contribution in [0.15, 0.2) is 0 Å². The number of likely N-dealkylation sites (N-methyl/N-ethyl adjacent to an activating group) is 2. The molecule has 0 saturated carbocycles. The predicted molar refractivity (Wildman–Crippen MR) is 75.0 cm³/mol. The van der Waals surface area contributed by atoms with Crippen molar-refractivity contribution in [1.29, 1.82) is 0 Å². The van der Waals surface area contributed by atoms with Gasteiger partial charge in [-0.15, -0.1) is 0 Å². The van der Waals surface area contributed by atoms with Gasteiger partial charge in [0.1, 0.15) is 0 Å². The summed E-state index contributed by atoms with van der Waals surface area (Å²) in [7, 11) is 4.65. The van der Waals surface area contributed by atoms with Gasteiger partial charge in [0.15, 0.2) is 15.2 Å². The molecule has 0 aromatic carbocycles. The lowest BCUT2D eigenvalue weighted by Crippen LogP contribution is -2.36. The third-order valence-corrected chi connectivity index (χ3v) is 3.90. The van der Waals surface area contributed by atoms with E-state index in [-0.39, 0.29) is 22.5 Å². The molecule has 0 aliphatic heterocycles. The number of hydrogen-bond donors (Lipinski definition) is 0. The van der Waals surface area contributed by atoms with Crippen LogP contribution in [0.2, 0.25) is 5.15 Å². The first-order chi connectivity index (χ1) is 8.90. The topological polar surface area (TPSA) is 62.7 Å². The fraction of sp³-hybridized carbons (Fsp3) is 0.545. The number of esters is 1. The molecule has 0 atom stereocenters. The summed E-state index contributed by atoms with van der Waals surface area (Å²) in [5.41, 5.74) is 0. The van der Waals surface area contributed by atoms with Crippen molar-refractivity contribution in [2.75, 3.05) is 39.2 Å². The predicted octanol–water partition coefficient (Wildman–Crippen LogP) is 1.50. The summed E-state index contributed by atoms with van der Waals surface area (Å²) in [6, 6.07) is 0. The third kappa shape index (κ3) is 3.81. The first-order valence-electron chi connectivity index (χ1n) is 5.60. The molecule has 0 spiro atoms. The van der Waals surface area contributed by atoms with E-state index in [1.54, 1.807) is 19.0 Å². The average Bonchev–Trinajstić information content (AvgIpc) is 2.76. The van der Waals surface area contributed by atoms with Gasteiger partial charge in [-0.05, 0) is 6.92 Å². The van der Waals surface area contributed by atoms with Gasteiger partial charge in [0.25, 0.3) is 0 Å². The Labute approximate surface area is 120 Å². The minimum atomic E-state index is -0.524. The monoisotopic (exact) mass is 305 g/mol. The number of halogens is 1. The number of nitrogens with zero attached hydrogens (tertiary/aromatic N) is 3. The number of rotatable bonds is 5. The maximum atomic E-state index is 11.7. The second-order valence-electron chi connectivity index (χ2n) is 3.91. The quantitative estimate of drug-likeness (QED) is 0.771. The maximum absolute atomic E-state index is 11.7. The number of carbonyl (C=O) groups is 2. The molecule has 8 heteroatoms. The van der Waals surface area contributed by atoms with Crippen molar-refractivity contribution in [2.45, 2.75) is 6.92 Å². The van der Waals surface area contributed by atoms with Gasteiger partial charge in [0, 0.05) is 20.6 Å². The van der Waals surface area contributed by atoms with Crippen molar-refractivity contribution in [3.05, 3.63) is 10.0 Å². The molecule has 1 amide bonds. The van der Waals surface area contributed by atoms with Crippen molar-refractivity contribution in [3.63, 3.8) is 0 Å². The zero-order valence-electron chi connectivity index (χ0n) is 11.3. The molecular formula is C11H16ClN3O3S. The highest BCUT2D eigenvalue weighted by Crippen LogP contribution is 2.30. The Bertz CT molecular complexity index is 476. The first-order valence-corrected chi connectivity index (χ1v) is 6.79. The lowest BCUT2D eigenvalue weighted by atomic mass is 10.5. The third-order valence-electron chi connectivity index (χ3n) is 2.42. The van der Waals surface area contributed by atoms with Crippen molar-refractivity contribution >= 4 is 39.9 Å². The summed E-state index contributed by atoms with van der Waals surface area (Å²) in [4.78, 5) is 30.8. The molecule has 1 rings (SSSR count). The smallest absolute Gasteiger partial charge is 0.351 e. The van der Waals surface area contributed by atoms with Crippen molar-refractivity contribution in [2.24, 2.45) is 0 Å². The van der Waals surface area contributed by atoms with Crippen LogP contribution in [0, 0.1) is 0 Å². The fourth-order valence-electron chi connectivity index (χ4n) is 1.26. The molecule has 0 fully saturated rings. The van der Waals surface area contributed by atoms with E-state index in [9.17, 15) is 9.59 Å². The van der Waals surface area contributed by atoms with E-state index >= 15 is 0 Å². The lowest BCUT2D eigenvalue weighted by molar-refractivity contribution is -0.127. The number of methoxy groups -OCH3 is 1. The van der Waals surface area contributed by atoms with Crippen LogP contribution in [-0.2, 0) is 9.53 Å². The van der Waals surface area contributed by atoms with Crippen LogP contribution in [0.25, 0.3) is 0 Å². The highest BCUT2D eigenvalue weighted by molar-refractivity contribution is 7.18. The second-order valence-corrected chi connectivity index (χ2v) is 5.25. The average molecular weight is 306 g/mol. The van der Waals surface area contributed by atoms with Gasteiger partial charge in [-0.3, -0.25) is 4.79 Å². The van der Waals surface area contributed by atoms with Gasteiger partial charge < -0.3 is 14.5 Å². The van der Waals surface area contributed by atoms with Crippen LogP contribution in [0.1, 0.15) is 16.6 Å². The van der Waals surface area contributed by atoms with Crippen LogP contribution < -0.4 is 4.90 Å². The Hall–Kier alpha value is -1.34. The van der Waals surface area contributed by atoms with Crippen LogP contribution in [0.3, 0.4) is 0 Å². The zero-order valence-corrected chi connectivity index (χ0v) is 12.8. The second kappa shape index (κ2) is 6.72. The van der Waals surface area contributed by atoms with E-state index in [1.165, 1.54) is 12.0 Å². The fourth-order valence-corrected chi connectivity index (χ4v) is 2.53. The Morgan fingerprint density at radius 1 is 1.42 bits per heavy atom. The summed E-state index contributed by atoms with van der Waals surface area (Å²) in [6.45, 7) is 2.67. The van der Waals surface area contributed by atoms with E-state index in [1.807, 2.05) is 6.92 Å². The molecular weight excluding hydrogens is 290 g/mol. The van der Waals surface area contributed by atoms with Gasteiger partial charge in [0.05, 0.1) is 13.7 Å². The summed E-state index contributed by atoms with van der Waals surface area (Å²) in [6.07, 6.45) is 0. The van der Waals surface area contributed by atoms with E-state index in [2.05, 4.69) is 9.72 Å². The molecule has 6 nitrogen and oxygen atoms in total. The molecule has 0 bridgehead atoms. The summed E-state index contributed by atoms with van der Waals surface area (Å²) >= 11 is 7.01. The maximum Gasteiger partial charge on any atom is 0.351 e. The van der Waals surface area contributed by atoms with Gasteiger partial charge in [-0.2, -0.15) is 0 Å². The van der Waals surface area contributed by atoms with Crippen LogP contribution in [0.5, 0.6) is 0 Å². The van der Waals surface area contributed by atoms with Gasteiger partial charge >= 0.3 is 5.97 Å². The molecule has 0 unspecified atom stereocenters. The number of thiazole rings is 1. The summed E-state index contributed by atoms with van der Waals surface area (Å²) < 4.78 is 4.62. The minimum Gasteiger partial charge on any atom is -0.465 e. The molecule has 0 radical (unpaired) electrons. The summed E-state index contributed by atoms with van der Waals surface area (Å²) in [5.74, 6) is -0.573. The standard InChI is InChI=1S/C11H16ClN3O3S/c1-5-15(6-7(16)14(2)3)11-13-9(12)8(19-11)10(17)18-4/h5-6H2,1-4H3. The van der Waals surface area contributed by atoms with Crippen LogP contribution in [-0.4, -0.2) is 56.1 Å². The molecule has 1 aromatic rings. The number of amides is 1. The molecule has 19 heavy (non-hydrogen) atoms. The largest absolute Gasteiger partial charge is 0.465 e. The highest BCUT2D eigenvalue weighted by Gasteiger charge is 2.21. The number of ether oxygens (including phenoxy) is 1. The zero-order chi connectivity index (χ0) is 14.6. The SMILES string of the molecule is CCN(CC(=O)N(C)C)c1nc(Cl)c(C(=O)OC)s1. The van der Waals surface area contributed by atoms with Gasteiger partial charge in [-0.1, -0.05) is 22.9 Å². The van der Waals surface area contributed by atoms with Crippen LogP contribution in [0.4, 0.5) is 5.13 Å². The Kier molecular flexibility index (Phi) is 5.56. The number of aromatic nitrogens is 1. The van der Waals surface area contributed by atoms with Crippen molar-refractivity contribution in [3.8, 4) is 0 Å². The Morgan fingerprint density at radius 2 is 2.05 bits per heavy atom. The van der Waals surface area contributed by atoms with Crippen LogP contribution >= 0.6 is 22.9 Å². The normalized spacial score (nSPS) is 10.2. The summed E-state index contributed by atoms with van der Waals surface area (Å²) in [5, 5.41) is 0.630. The minimum absolute atomic E-state index is 0.0483. The Morgan fingerprint density at radius 3 is 2.53 bits per heavy atom. The number of carbonyl (C=O) groups excluding carboxylic acids is 2. The van der Waals surface area contributed by atoms with Gasteiger partial charge in [-0.25, -0.2) is 9.78 Å². The number of anilines is 1. The number of hydrogen-bond acceptors (Lipinski definition) is 6. The van der Waals surface area contributed by atoms with Crippen molar-refractivity contribution < 1.29 is 14.3 Å². The molecule has 106 valence electrons. The van der Waals surface area contributed by atoms with E-state index < -0.39 is 5.97 Å². The molecule has 0 aliphatic rings.